The van der Waals surface area contributed by atoms with Gasteiger partial charge in [0, 0.05) is 51.8 Å². The first-order chi connectivity index (χ1) is 22.2. The molecule has 15 heteroatoms. The van der Waals surface area contributed by atoms with Crippen LogP contribution in [0.5, 0.6) is 5.75 Å². The average Bonchev–Trinajstić information content (AvgIpc) is 3.40. The van der Waals surface area contributed by atoms with Crippen molar-refractivity contribution < 1.29 is 37.0 Å². The second-order valence-electron chi connectivity index (χ2n) is 11.2. The van der Waals surface area contributed by atoms with E-state index in [4.69, 9.17) is 16.2 Å². The third kappa shape index (κ3) is 5.43. The zero-order chi connectivity index (χ0) is 33.7. The Bertz CT molecular complexity index is 2040. The first kappa shape index (κ1) is 31.3. The molecule has 6 rings (SSSR count). The van der Waals surface area contributed by atoms with E-state index in [-0.39, 0.29) is 40.7 Å². The number of carbonyl (C=O) groups excluding carboxylic acids is 2. The molecule has 11 nitrogen and oxygen atoms in total. The molecule has 0 saturated heterocycles. The molecule has 2 aromatic carbocycles. The number of amides is 2. The Morgan fingerprint density at radius 3 is 2.40 bits per heavy atom. The minimum atomic E-state index is -5.38. The van der Waals surface area contributed by atoms with Crippen molar-refractivity contribution in [3.63, 3.8) is 0 Å². The zero-order valence-electron chi connectivity index (χ0n) is 24.5. The number of hydrogen-bond donors (Lipinski definition) is 4. The molecule has 240 valence electrons. The number of nitrogens with two attached hydrogens (primary N) is 2. The number of rotatable bonds is 7. The van der Waals surface area contributed by atoms with Crippen molar-refractivity contribution in [3.05, 3.63) is 95.8 Å². The fraction of sp³-hybridized carbons (Fsp3) is 0.188. The smallest absolute Gasteiger partial charge is 0.424 e. The molecule has 0 aliphatic carbocycles. The van der Waals surface area contributed by atoms with Crippen LogP contribution in [-0.2, 0) is 15.8 Å². The molecule has 0 saturated carbocycles. The number of benzene rings is 2. The number of fused-ring (bicyclic) bond motifs is 2. The van der Waals surface area contributed by atoms with Crippen molar-refractivity contribution in [1.82, 2.24) is 25.3 Å². The van der Waals surface area contributed by atoms with Crippen LogP contribution in [0.4, 0.5) is 23.5 Å². The largest absolute Gasteiger partial charge is 0.489 e. The number of nitrogens with one attached hydrogen (secondary N) is 1. The lowest BCUT2D eigenvalue weighted by molar-refractivity contribution is -0.265. The molecule has 1 aliphatic rings. The predicted molar refractivity (Wildman–Crippen MR) is 161 cm³/mol. The molecule has 0 radical (unpaired) electrons. The van der Waals surface area contributed by atoms with Crippen molar-refractivity contribution in [2.45, 2.75) is 24.1 Å². The summed E-state index contributed by atoms with van der Waals surface area (Å²) in [6.07, 6.45) is -1.02. The molecule has 1 aliphatic heterocycles. The summed E-state index contributed by atoms with van der Waals surface area (Å²) in [4.78, 5) is 42.3. The van der Waals surface area contributed by atoms with Gasteiger partial charge in [0.2, 0.25) is 17.5 Å². The van der Waals surface area contributed by atoms with Crippen LogP contribution < -0.4 is 21.5 Å². The highest BCUT2D eigenvalue weighted by Gasteiger charge is 2.57. The van der Waals surface area contributed by atoms with Gasteiger partial charge in [-0.3, -0.25) is 14.6 Å². The van der Waals surface area contributed by atoms with Gasteiger partial charge in [-0.25, -0.2) is 19.3 Å². The summed E-state index contributed by atoms with van der Waals surface area (Å²) in [7, 11) is 0. The van der Waals surface area contributed by atoms with Gasteiger partial charge in [-0.15, -0.1) is 0 Å². The number of anilines is 1. The SMILES string of the molecule is C[C@]1(C(N)=O)COc2c1cc([C@@](O)(CNC(=O)c1cc(-c3cnc(N)nc3)c3ncccc3c1)C(F)(F)F)nc2-c1ccc(F)cc1. The Morgan fingerprint density at radius 2 is 1.74 bits per heavy atom. The van der Waals surface area contributed by atoms with E-state index in [2.05, 4.69) is 25.3 Å². The molecule has 3 aromatic heterocycles. The van der Waals surface area contributed by atoms with E-state index in [0.717, 1.165) is 18.2 Å². The molecular weight excluding hydrogens is 622 g/mol. The van der Waals surface area contributed by atoms with Gasteiger partial charge in [-0.1, -0.05) is 6.07 Å². The van der Waals surface area contributed by atoms with Crippen LogP contribution in [-0.4, -0.2) is 56.2 Å². The number of halogens is 4. The highest BCUT2D eigenvalue weighted by molar-refractivity contribution is 6.03. The van der Waals surface area contributed by atoms with Crippen molar-refractivity contribution >= 4 is 28.7 Å². The minimum Gasteiger partial charge on any atom is -0.489 e. The summed E-state index contributed by atoms with van der Waals surface area (Å²) < 4.78 is 63.8. The summed E-state index contributed by atoms with van der Waals surface area (Å²) >= 11 is 0. The van der Waals surface area contributed by atoms with E-state index in [1.54, 1.807) is 12.1 Å². The maximum Gasteiger partial charge on any atom is 0.424 e. The van der Waals surface area contributed by atoms with Crippen molar-refractivity contribution in [2.75, 3.05) is 18.9 Å². The number of nitrogen functional groups attached to an aromatic ring is 1. The molecule has 0 unspecified atom stereocenters. The maximum atomic E-state index is 14.8. The Balaban J connectivity index is 1.42. The summed E-state index contributed by atoms with van der Waals surface area (Å²) in [6, 6.07) is 11.7. The highest BCUT2D eigenvalue weighted by atomic mass is 19.4. The van der Waals surface area contributed by atoms with Gasteiger partial charge in [-0.2, -0.15) is 13.2 Å². The molecule has 0 bridgehead atoms. The van der Waals surface area contributed by atoms with Crippen LogP contribution in [0, 0.1) is 5.82 Å². The second-order valence-corrected chi connectivity index (χ2v) is 11.2. The van der Waals surface area contributed by atoms with Crippen LogP contribution >= 0.6 is 0 Å². The van der Waals surface area contributed by atoms with Crippen molar-refractivity contribution in [2.24, 2.45) is 5.73 Å². The number of hydrogen-bond acceptors (Lipinski definition) is 9. The molecule has 0 spiro atoms. The van der Waals surface area contributed by atoms with Gasteiger partial charge in [0.05, 0.1) is 17.8 Å². The second kappa shape index (κ2) is 11.3. The van der Waals surface area contributed by atoms with Crippen LogP contribution in [0.3, 0.4) is 0 Å². The number of alkyl halides is 3. The Kier molecular flexibility index (Phi) is 7.51. The van der Waals surface area contributed by atoms with E-state index in [0.29, 0.717) is 22.0 Å². The van der Waals surface area contributed by atoms with Crippen molar-refractivity contribution in [3.8, 4) is 28.1 Å². The predicted octanol–water partition coefficient (Wildman–Crippen LogP) is 3.79. The van der Waals surface area contributed by atoms with E-state index in [1.807, 2.05) is 0 Å². The number of carbonyl (C=O) groups is 2. The maximum absolute atomic E-state index is 14.8. The number of aromatic nitrogens is 4. The summed E-state index contributed by atoms with van der Waals surface area (Å²) in [5.41, 5.74) is 6.11. The fourth-order valence-corrected chi connectivity index (χ4v) is 5.27. The third-order valence-corrected chi connectivity index (χ3v) is 8.08. The Morgan fingerprint density at radius 1 is 1.04 bits per heavy atom. The lowest BCUT2D eigenvalue weighted by atomic mass is 9.81. The van der Waals surface area contributed by atoms with Gasteiger partial charge in [0.1, 0.15) is 29.3 Å². The Hall–Kier alpha value is -5.70. The number of nitrogens with zero attached hydrogens (tertiary/aromatic N) is 4. The molecule has 0 fully saturated rings. The van der Waals surface area contributed by atoms with Gasteiger partial charge < -0.3 is 26.6 Å². The number of ether oxygens (including phenoxy) is 1. The number of aliphatic hydroxyl groups is 1. The van der Waals surface area contributed by atoms with Crippen LogP contribution in [0.25, 0.3) is 33.3 Å². The quantitative estimate of drug-likeness (QED) is 0.191. The van der Waals surface area contributed by atoms with Gasteiger partial charge in [0.15, 0.2) is 0 Å². The van der Waals surface area contributed by atoms with Gasteiger partial charge >= 0.3 is 6.18 Å². The number of primary amides is 1. The van der Waals surface area contributed by atoms with E-state index in [9.17, 15) is 32.3 Å². The number of pyridine rings is 2. The van der Waals surface area contributed by atoms with E-state index < -0.39 is 47.1 Å². The molecule has 4 heterocycles. The third-order valence-electron chi connectivity index (χ3n) is 8.08. The van der Waals surface area contributed by atoms with Crippen LogP contribution in [0.1, 0.15) is 28.5 Å². The summed E-state index contributed by atoms with van der Waals surface area (Å²) in [5, 5.41) is 14.0. The standard InChI is InChI=1S/C32H25F4N7O4/c1-30(28(37)45)15-47-26-22(30)11-23(43-25(26)16-4-6-20(33)7-5-16)31(46,32(34,35)36)14-42-27(44)18-9-17-3-2-8-39-24(17)21(10-18)19-12-40-29(38)41-13-19/h2-13,46H,14-15H2,1H3,(H2,37,45)(H,42,44)(H2,38,40,41)/t30-,31-/m0/s1. The topological polar surface area (TPSA) is 179 Å². The average molecular weight is 648 g/mol. The first-order valence-corrected chi connectivity index (χ1v) is 14.0. The van der Waals surface area contributed by atoms with Crippen LogP contribution in [0.2, 0.25) is 0 Å². The van der Waals surface area contributed by atoms with E-state index in [1.165, 1.54) is 49.8 Å². The normalized spacial score (nSPS) is 17.1. The van der Waals surface area contributed by atoms with Crippen molar-refractivity contribution in [1.29, 1.82) is 0 Å². The molecule has 47 heavy (non-hydrogen) atoms. The lowest BCUT2D eigenvalue weighted by Crippen LogP contribution is -2.51. The molecular formula is C32H25F4N7O4. The summed E-state index contributed by atoms with van der Waals surface area (Å²) in [6.45, 7) is -0.300. The zero-order valence-corrected chi connectivity index (χ0v) is 24.5. The fourth-order valence-electron chi connectivity index (χ4n) is 5.27. The summed E-state index contributed by atoms with van der Waals surface area (Å²) in [5.74, 6) is -2.50. The molecule has 5 aromatic rings. The van der Waals surface area contributed by atoms with Gasteiger partial charge in [0.25, 0.3) is 5.91 Å². The molecule has 6 N–H and O–H groups in total. The highest BCUT2D eigenvalue weighted by Crippen LogP contribution is 2.47. The lowest BCUT2D eigenvalue weighted by Gasteiger charge is -2.31. The minimum absolute atomic E-state index is 0.0109. The Labute approximate surface area is 263 Å². The molecule has 2 atom stereocenters. The molecule has 2 amide bonds. The van der Waals surface area contributed by atoms with E-state index >= 15 is 0 Å². The first-order valence-electron chi connectivity index (χ1n) is 14.0. The van der Waals surface area contributed by atoms with Crippen LogP contribution in [0.15, 0.2) is 73.2 Å². The van der Waals surface area contributed by atoms with Gasteiger partial charge in [-0.05, 0) is 55.5 Å². The monoisotopic (exact) mass is 647 g/mol.